The number of nitrogens with one attached hydrogen (secondary N) is 1. The van der Waals surface area contributed by atoms with Gasteiger partial charge in [-0.05, 0) is 72.0 Å². The molecular formula is C28H37N3O2. The maximum absolute atomic E-state index is 12.8. The van der Waals surface area contributed by atoms with Crippen molar-refractivity contribution in [2.24, 2.45) is 5.92 Å². The molecule has 2 atom stereocenters. The van der Waals surface area contributed by atoms with E-state index in [0.717, 1.165) is 45.4 Å². The summed E-state index contributed by atoms with van der Waals surface area (Å²) in [5.41, 5.74) is 6.25. The lowest BCUT2D eigenvalue weighted by atomic mass is 9.85. The molecule has 0 aromatic heterocycles. The van der Waals surface area contributed by atoms with E-state index in [1.807, 2.05) is 0 Å². The number of piperidine rings is 3. The lowest BCUT2D eigenvalue weighted by Gasteiger charge is -2.44. The summed E-state index contributed by atoms with van der Waals surface area (Å²) in [7, 11) is 2.13. The fourth-order valence-corrected chi connectivity index (χ4v) is 5.62. The zero-order chi connectivity index (χ0) is 23.2. The first kappa shape index (κ1) is 22.3. The lowest BCUT2D eigenvalue weighted by Crippen LogP contribution is -2.52. The number of hydrogen-bond donors (Lipinski definition) is 1. The van der Waals surface area contributed by atoms with Gasteiger partial charge in [0, 0.05) is 25.8 Å². The molecule has 33 heavy (non-hydrogen) atoms. The molecule has 0 aliphatic carbocycles. The van der Waals surface area contributed by atoms with E-state index in [1.54, 1.807) is 0 Å². The third-order valence-electron chi connectivity index (χ3n) is 7.78. The highest BCUT2D eigenvalue weighted by Crippen LogP contribution is 2.37. The van der Waals surface area contributed by atoms with Gasteiger partial charge < -0.3 is 15.0 Å². The number of benzene rings is 2. The second-order valence-corrected chi connectivity index (χ2v) is 11.1. The molecule has 1 unspecified atom stereocenters. The Hall–Kier alpha value is -2.53. The molecule has 6 rings (SSSR count). The Morgan fingerprint density at radius 2 is 1.76 bits per heavy atom. The zero-order valence-electron chi connectivity index (χ0n) is 20.4. The van der Waals surface area contributed by atoms with E-state index in [-0.39, 0.29) is 23.7 Å². The normalized spacial score (nSPS) is 26.6. The fraction of sp³-hybridized carbons (Fsp3) is 0.536. The van der Waals surface area contributed by atoms with Crippen LogP contribution in [0, 0.1) is 5.92 Å². The summed E-state index contributed by atoms with van der Waals surface area (Å²) < 4.78 is 5.90. The number of anilines is 1. The van der Waals surface area contributed by atoms with Gasteiger partial charge in [-0.15, -0.1) is 0 Å². The van der Waals surface area contributed by atoms with Crippen molar-refractivity contribution in [3.05, 3.63) is 53.6 Å². The van der Waals surface area contributed by atoms with E-state index in [9.17, 15) is 4.79 Å². The Morgan fingerprint density at radius 3 is 2.45 bits per heavy atom. The Bertz CT molecular complexity index is 1020. The van der Waals surface area contributed by atoms with Crippen LogP contribution in [-0.4, -0.2) is 50.3 Å². The zero-order valence-corrected chi connectivity index (χ0v) is 20.4. The number of fused-ring (bicyclic) bond motifs is 4. The maximum Gasteiger partial charge on any atom is 0.407 e. The summed E-state index contributed by atoms with van der Waals surface area (Å²) in [4.78, 5) is 17.5. The van der Waals surface area contributed by atoms with E-state index in [0.29, 0.717) is 5.92 Å². The van der Waals surface area contributed by atoms with Crippen LogP contribution in [0.25, 0.3) is 11.1 Å². The van der Waals surface area contributed by atoms with Crippen molar-refractivity contribution in [3.8, 4) is 11.1 Å². The molecule has 5 nitrogen and oxygen atoms in total. The Labute approximate surface area is 198 Å². The van der Waals surface area contributed by atoms with Gasteiger partial charge in [0.25, 0.3) is 0 Å². The minimum Gasteiger partial charge on any atom is -0.445 e. The molecule has 4 aliphatic heterocycles. The second-order valence-electron chi connectivity index (χ2n) is 11.1. The van der Waals surface area contributed by atoms with Gasteiger partial charge in [-0.1, -0.05) is 57.2 Å². The maximum atomic E-state index is 12.8. The number of ether oxygens (including phenoxy) is 1. The minimum absolute atomic E-state index is 0.0141. The number of carbonyl (C=O) groups excluding carboxylic acids is 1. The lowest BCUT2D eigenvalue weighted by molar-refractivity contribution is -0.0340. The number of nitrogens with zero attached hydrogens (tertiary/aromatic N) is 2. The third-order valence-corrected chi connectivity index (χ3v) is 7.78. The molecule has 2 aromatic rings. The molecule has 2 bridgehead atoms. The second kappa shape index (κ2) is 8.68. The van der Waals surface area contributed by atoms with Crippen molar-refractivity contribution in [1.29, 1.82) is 0 Å². The third kappa shape index (κ3) is 4.61. The van der Waals surface area contributed by atoms with Crippen LogP contribution in [0.4, 0.5) is 10.5 Å². The molecule has 1 N–H and O–H groups in total. The van der Waals surface area contributed by atoms with Crippen molar-refractivity contribution < 1.29 is 9.53 Å². The Balaban J connectivity index is 1.33. The van der Waals surface area contributed by atoms with Gasteiger partial charge in [-0.25, -0.2) is 4.79 Å². The van der Waals surface area contributed by atoms with Crippen molar-refractivity contribution in [2.75, 3.05) is 38.1 Å². The van der Waals surface area contributed by atoms with Gasteiger partial charge in [0.1, 0.15) is 6.10 Å². The number of amides is 1. The molecule has 176 valence electrons. The molecule has 0 spiro atoms. The molecule has 4 aliphatic rings. The van der Waals surface area contributed by atoms with E-state index in [1.165, 1.54) is 27.9 Å². The monoisotopic (exact) mass is 447 g/mol. The average Bonchev–Trinajstić information content (AvgIpc) is 2.81. The van der Waals surface area contributed by atoms with Crippen LogP contribution in [0.5, 0.6) is 0 Å². The van der Waals surface area contributed by atoms with Gasteiger partial charge in [-0.2, -0.15) is 0 Å². The average molecular weight is 448 g/mol. The summed E-state index contributed by atoms with van der Waals surface area (Å²) in [5.74, 6) is 0.525. The minimum atomic E-state index is -0.267. The first-order chi connectivity index (χ1) is 15.8. The Kier molecular flexibility index (Phi) is 5.86. The van der Waals surface area contributed by atoms with Crippen LogP contribution in [0.1, 0.15) is 57.2 Å². The predicted molar refractivity (Wildman–Crippen MR) is 134 cm³/mol. The number of rotatable bonds is 3. The fourth-order valence-electron chi connectivity index (χ4n) is 5.62. The van der Waals surface area contributed by atoms with Crippen molar-refractivity contribution in [1.82, 2.24) is 10.2 Å². The summed E-state index contributed by atoms with van der Waals surface area (Å²) in [5, 5.41) is 3.18. The smallest absolute Gasteiger partial charge is 0.407 e. The van der Waals surface area contributed by atoms with Crippen LogP contribution in [0.15, 0.2) is 42.5 Å². The first-order valence-electron chi connectivity index (χ1n) is 12.4. The van der Waals surface area contributed by atoms with Gasteiger partial charge in [0.05, 0.1) is 6.04 Å². The molecule has 1 amide bonds. The SMILES string of the molecule is CN1CCC(NC(=O)O[C@@H]2CN3CCC2CC3)c2ccc(-c3cccc(C(C)(C)C)c3)cc21. The standard InChI is InChI=1S/C28H37N3O2/c1-28(2,3)22-7-5-6-20(16-22)21-8-9-23-24(12-13-30(4)25(23)17-21)29-27(32)33-26-18-31-14-10-19(26)11-15-31/h5-9,16-17,19,24,26H,10-15,18H2,1-4H3,(H,29,32)/t24?,26-/m1/s1. The molecule has 0 saturated carbocycles. The summed E-state index contributed by atoms with van der Waals surface area (Å²) >= 11 is 0. The largest absolute Gasteiger partial charge is 0.445 e. The highest BCUT2D eigenvalue weighted by atomic mass is 16.6. The van der Waals surface area contributed by atoms with Gasteiger partial charge >= 0.3 is 6.09 Å². The van der Waals surface area contributed by atoms with E-state index >= 15 is 0 Å². The summed E-state index contributed by atoms with van der Waals surface area (Å²) in [6.07, 6.45) is 2.95. The highest BCUT2D eigenvalue weighted by Gasteiger charge is 2.37. The van der Waals surface area contributed by atoms with Gasteiger partial charge in [0.2, 0.25) is 0 Å². The quantitative estimate of drug-likeness (QED) is 0.689. The van der Waals surface area contributed by atoms with E-state index in [2.05, 4.69) is 85.4 Å². The van der Waals surface area contributed by atoms with Crippen molar-refractivity contribution >= 4 is 11.8 Å². The van der Waals surface area contributed by atoms with Crippen molar-refractivity contribution in [3.63, 3.8) is 0 Å². The molecule has 5 heteroatoms. The summed E-state index contributed by atoms with van der Waals surface area (Å²) in [6.45, 7) is 10.8. The first-order valence-corrected chi connectivity index (χ1v) is 12.4. The summed E-state index contributed by atoms with van der Waals surface area (Å²) in [6, 6.07) is 15.5. The molecule has 2 aromatic carbocycles. The van der Waals surface area contributed by atoms with Crippen LogP contribution in [-0.2, 0) is 10.2 Å². The van der Waals surface area contributed by atoms with E-state index < -0.39 is 0 Å². The van der Waals surface area contributed by atoms with Crippen molar-refractivity contribution in [2.45, 2.75) is 57.6 Å². The van der Waals surface area contributed by atoms with Crippen LogP contribution < -0.4 is 10.2 Å². The van der Waals surface area contributed by atoms with Gasteiger partial charge in [-0.3, -0.25) is 4.90 Å². The molecular weight excluding hydrogens is 410 g/mol. The number of alkyl carbamates (subject to hydrolysis) is 1. The highest BCUT2D eigenvalue weighted by molar-refractivity contribution is 5.74. The van der Waals surface area contributed by atoms with E-state index in [4.69, 9.17) is 4.74 Å². The van der Waals surface area contributed by atoms with Crippen LogP contribution in [0.2, 0.25) is 0 Å². The number of hydrogen-bond acceptors (Lipinski definition) is 4. The molecule has 3 saturated heterocycles. The molecule has 3 fully saturated rings. The number of carbonyl (C=O) groups is 1. The van der Waals surface area contributed by atoms with Gasteiger partial charge in [0.15, 0.2) is 0 Å². The topological polar surface area (TPSA) is 44.8 Å². The molecule has 4 heterocycles. The van der Waals surface area contributed by atoms with Crippen LogP contribution >= 0.6 is 0 Å². The Morgan fingerprint density at radius 1 is 1.00 bits per heavy atom. The van der Waals surface area contributed by atoms with Crippen LogP contribution in [0.3, 0.4) is 0 Å². The predicted octanol–water partition coefficient (Wildman–Crippen LogP) is 5.35. The molecule has 0 radical (unpaired) electrons.